The first kappa shape index (κ1) is 19.2. The number of benzene rings is 1. The normalized spacial score (nSPS) is 16.2. The molecule has 2 rings (SSSR count). The highest BCUT2D eigenvalue weighted by atomic mass is 19.4. The summed E-state index contributed by atoms with van der Waals surface area (Å²) in [6, 6.07) is 4.34. The molecule has 1 aromatic carbocycles. The molecule has 8 heteroatoms. The second-order valence-electron chi connectivity index (χ2n) is 6.38. The molecule has 0 radical (unpaired) electrons. The van der Waals surface area contributed by atoms with Crippen LogP contribution in [0.5, 0.6) is 0 Å². The molecule has 0 bridgehead atoms. The molecular formula is C17H22F3N3O2. The van der Waals surface area contributed by atoms with E-state index >= 15 is 0 Å². The van der Waals surface area contributed by atoms with Crippen LogP contribution in [0.4, 0.5) is 18.9 Å². The third-order valence-electron chi connectivity index (χ3n) is 4.04. The molecule has 1 aromatic rings. The molecule has 1 heterocycles. The zero-order valence-corrected chi connectivity index (χ0v) is 14.3. The molecule has 0 aromatic heterocycles. The van der Waals surface area contributed by atoms with Crippen LogP contribution in [-0.2, 0) is 15.8 Å². The van der Waals surface area contributed by atoms with Crippen molar-refractivity contribution < 1.29 is 22.8 Å². The second kappa shape index (κ2) is 7.86. The number of nitrogens with one attached hydrogen (secondary N) is 1. The summed E-state index contributed by atoms with van der Waals surface area (Å²) in [4.78, 5) is 27.7. The molecule has 0 unspecified atom stereocenters. The Balaban J connectivity index is 1.80. The summed E-state index contributed by atoms with van der Waals surface area (Å²) in [6.07, 6.45) is -4.39. The van der Waals surface area contributed by atoms with E-state index in [0.29, 0.717) is 31.9 Å². The summed E-state index contributed by atoms with van der Waals surface area (Å²) in [5.41, 5.74) is -0.428. The van der Waals surface area contributed by atoms with Crippen LogP contribution in [0.15, 0.2) is 24.3 Å². The van der Waals surface area contributed by atoms with E-state index in [2.05, 4.69) is 5.32 Å². The number of rotatable bonds is 4. The Morgan fingerprint density at radius 2 is 1.64 bits per heavy atom. The molecule has 1 aliphatic heterocycles. The highest BCUT2D eigenvalue weighted by Crippen LogP contribution is 2.29. The molecule has 25 heavy (non-hydrogen) atoms. The Bertz CT molecular complexity index is 607. The standard InChI is InChI=1S/C17H22F3N3O2/c1-12(2)16(25)23-9-7-22(8-10-23)11-15(24)21-14-5-3-13(4-6-14)17(18,19)20/h3-6,12H,7-11H2,1-2H3,(H,21,24). The van der Waals surface area contributed by atoms with Crippen molar-refractivity contribution in [3.05, 3.63) is 29.8 Å². The SMILES string of the molecule is CC(C)C(=O)N1CCN(CC(=O)Nc2ccc(C(F)(F)F)cc2)CC1. The molecule has 0 spiro atoms. The summed E-state index contributed by atoms with van der Waals surface area (Å²) in [7, 11) is 0. The predicted octanol–water partition coefficient (Wildman–Crippen LogP) is 2.44. The largest absolute Gasteiger partial charge is 0.416 e. The zero-order valence-electron chi connectivity index (χ0n) is 14.3. The van der Waals surface area contributed by atoms with E-state index in [0.717, 1.165) is 12.1 Å². The molecule has 138 valence electrons. The minimum Gasteiger partial charge on any atom is -0.340 e. The van der Waals surface area contributed by atoms with Crippen molar-refractivity contribution in [2.45, 2.75) is 20.0 Å². The summed E-state index contributed by atoms with van der Waals surface area (Å²) in [5.74, 6) is -0.230. The van der Waals surface area contributed by atoms with Crippen molar-refractivity contribution >= 4 is 17.5 Å². The Morgan fingerprint density at radius 1 is 1.08 bits per heavy atom. The number of anilines is 1. The number of nitrogens with zero attached hydrogens (tertiary/aromatic N) is 2. The van der Waals surface area contributed by atoms with Crippen molar-refractivity contribution in [3.8, 4) is 0 Å². The van der Waals surface area contributed by atoms with Crippen molar-refractivity contribution in [1.29, 1.82) is 0 Å². The van der Waals surface area contributed by atoms with Crippen LogP contribution < -0.4 is 5.32 Å². The topological polar surface area (TPSA) is 52.7 Å². The van der Waals surface area contributed by atoms with Crippen LogP contribution in [-0.4, -0.2) is 54.3 Å². The van der Waals surface area contributed by atoms with Crippen LogP contribution in [0, 0.1) is 5.92 Å². The average Bonchev–Trinajstić information content (AvgIpc) is 2.54. The molecule has 1 aliphatic rings. The van der Waals surface area contributed by atoms with Crippen LogP contribution in [0.2, 0.25) is 0 Å². The van der Waals surface area contributed by atoms with Gasteiger partial charge in [-0.25, -0.2) is 0 Å². The van der Waals surface area contributed by atoms with E-state index in [1.807, 2.05) is 18.7 Å². The van der Waals surface area contributed by atoms with Gasteiger partial charge in [-0.15, -0.1) is 0 Å². The first-order valence-electron chi connectivity index (χ1n) is 8.15. The smallest absolute Gasteiger partial charge is 0.340 e. The van der Waals surface area contributed by atoms with Gasteiger partial charge in [-0.2, -0.15) is 13.2 Å². The number of amides is 2. The van der Waals surface area contributed by atoms with Crippen molar-refractivity contribution in [1.82, 2.24) is 9.80 Å². The maximum Gasteiger partial charge on any atom is 0.416 e. The lowest BCUT2D eigenvalue weighted by Crippen LogP contribution is -2.51. The highest BCUT2D eigenvalue weighted by molar-refractivity contribution is 5.92. The van der Waals surface area contributed by atoms with Gasteiger partial charge in [-0.1, -0.05) is 13.8 Å². The van der Waals surface area contributed by atoms with Crippen LogP contribution in [0.3, 0.4) is 0 Å². The summed E-state index contributed by atoms with van der Waals surface area (Å²) < 4.78 is 37.5. The van der Waals surface area contributed by atoms with Gasteiger partial charge in [0.05, 0.1) is 12.1 Å². The number of hydrogen-bond acceptors (Lipinski definition) is 3. The molecule has 0 aliphatic carbocycles. The summed E-state index contributed by atoms with van der Waals surface area (Å²) in [6.45, 7) is 6.19. The fourth-order valence-corrected chi connectivity index (χ4v) is 2.64. The predicted molar refractivity (Wildman–Crippen MR) is 87.9 cm³/mol. The Hall–Kier alpha value is -2.09. The van der Waals surface area contributed by atoms with Crippen LogP contribution in [0.1, 0.15) is 19.4 Å². The minimum atomic E-state index is -4.39. The number of piperazine rings is 1. The van der Waals surface area contributed by atoms with E-state index in [9.17, 15) is 22.8 Å². The van der Waals surface area contributed by atoms with Gasteiger partial charge in [0.15, 0.2) is 0 Å². The number of hydrogen-bond donors (Lipinski definition) is 1. The molecular weight excluding hydrogens is 335 g/mol. The monoisotopic (exact) mass is 357 g/mol. The average molecular weight is 357 g/mol. The van der Waals surface area contributed by atoms with Gasteiger partial charge in [-0.3, -0.25) is 14.5 Å². The van der Waals surface area contributed by atoms with Gasteiger partial charge in [0.1, 0.15) is 0 Å². The van der Waals surface area contributed by atoms with Gasteiger partial charge < -0.3 is 10.2 Å². The lowest BCUT2D eigenvalue weighted by atomic mass is 10.1. The van der Waals surface area contributed by atoms with Crippen molar-refractivity contribution in [3.63, 3.8) is 0 Å². The van der Waals surface area contributed by atoms with E-state index in [1.54, 1.807) is 4.90 Å². The fraction of sp³-hybridized carbons (Fsp3) is 0.529. The number of carbonyl (C=O) groups excluding carboxylic acids is 2. The Morgan fingerprint density at radius 3 is 2.12 bits per heavy atom. The maximum absolute atomic E-state index is 12.5. The number of carbonyl (C=O) groups is 2. The molecule has 1 fully saturated rings. The van der Waals surface area contributed by atoms with Crippen LogP contribution in [0.25, 0.3) is 0 Å². The minimum absolute atomic E-state index is 0.0467. The zero-order chi connectivity index (χ0) is 18.6. The van der Waals surface area contributed by atoms with E-state index in [1.165, 1.54) is 12.1 Å². The first-order chi connectivity index (χ1) is 11.7. The summed E-state index contributed by atoms with van der Waals surface area (Å²) in [5, 5.41) is 2.59. The van der Waals surface area contributed by atoms with Crippen molar-refractivity contribution in [2.24, 2.45) is 5.92 Å². The van der Waals surface area contributed by atoms with E-state index in [4.69, 9.17) is 0 Å². The second-order valence-corrected chi connectivity index (χ2v) is 6.38. The van der Waals surface area contributed by atoms with Gasteiger partial charge in [-0.05, 0) is 24.3 Å². The molecule has 1 saturated heterocycles. The Kier molecular flexibility index (Phi) is 6.05. The quantitative estimate of drug-likeness (QED) is 0.901. The number of alkyl halides is 3. The van der Waals surface area contributed by atoms with E-state index in [-0.39, 0.29) is 24.3 Å². The van der Waals surface area contributed by atoms with Gasteiger partial charge in [0.25, 0.3) is 0 Å². The maximum atomic E-state index is 12.5. The van der Waals surface area contributed by atoms with Gasteiger partial charge in [0.2, 0.25) is 11.8 Å². The van der Waals surface area contributed by atoms with Crippen molar-refractivity contribution in [2.75, 3.05) is 38.0 Å². The van der Waals surface area contributed by atoms with Gasteiger partial charge in [0, 0.05) is 37.8 Å². The summed E-state index contributed by atoms with van der Waals surface area (Å²) >= 11 is 0. The molecule has 1 N–H and O–H groups in total. The van der Waals surface area contributed by atoms with E-state index < -0.39 is 11.7 Å². The molecule has 2 amide bonds. The number of halogens is 3. The Labute approximate surface area is 144 Å². The lowest BCUT2D eigenvalue weighted by molar-refractivity contribution is -0.138. The fourth-order valence-electron chi connectivity index (χ4n) is 2.64. The lowest BCUT2D eigenvalue weighted by Gasteiger charge is -2.35. The molecule has 0 saturated carbocycles. The van der Waals surface area contributed by atoms with Crippen LogP contribution >= 0.6 is 0 Å². The molecule has 5 nitrogen and oxygen atoms in total. The highest BCUT2D eigenvalue weighted by Gasteiger charge is 2.30. The molecule has 0 atom stereocenters. The third-order valence-corrected chi connectivity index (χ3v) is 4.04. The van der Waals surface area contributed by atoms with Gasteiger partial charge >= 0.3 is 6.18 Å². The first-order valence-corrected chi connectivity index (χ1v) is 8.15. The third kappa shape index (κ3) is 5.45.